The Balaban J connectivity index is 0.00000280. The quantitative estimate of drug-likeness (QED) is 0.330. The molecule has 0 aliphatic carbocycles. The molecule has 0 atom stereocenters. The molecule has 2 aromatic heterocycles. The predicted molar refractivity (Wildman–Crippen MR) is 131 cm³/mol. The molecule has 0 spiro atoms. The van der Waals surface area contributed by atoms with Gasteiger partial charge >= 0.3 is 0 Å². The summed E-state index contributed by atoms with van der Waals surface area (Å²) in [6.07, 6.45) is 5.51. The summed E-state index contributed by atoms with van der Waals surface area (Å²) in [6, 6.07) is 8.56. The topological polar surface area (TPSA) is 52.6 Å². The summed E-state index contributed by atoms with van der Waals surface area (Å²) in [6.45, 7) is 9.04. The van der Waals surface area contributed by atoms with E-state index in [0.29, 0.717) is 6.54 Å². The van der Waals surface area contributed by atoms with E-state index in [-0.39, 0.29) is 24.0 Å². The summed E-state index contributed by atoms with van der Waals surface area (Å²) in [5.41, 5.74) is 1.14. The molecule has 0 unspecified atom stereocenters. The molecular weight excluding hydrogens is 481 g/mol. The van der Waals surface area contributed by atoms with Crippen molar-refractivity contribution in [2.45, 2.75) is 39.7 Å². The van der Waals surface area contributed by atoms with Gasteiger partial charge in [-0.2, -0.15) is 0 Å². The predicted octanol–water partition coefficient (Wildman–Crippen LogP) is 4.30. The van der Waals surface area contributed by atoms with Crippen LogP contribution in [0.5, 0.6) is 0 Å². The second-order valence-corrected chi connectivity index (χ2v) is 8.18. The van der Waals surface area contributed by atoms with E-state index in [1.165, 1.54) is 17.7 Å². The van der Waals surface area contributed by atoms with Gasteiger partial charge in [0.05, 0.1) is 6.54 Å². The van der Waals surface area contributed by atoms with Crippen molar-refractivity contribution < 1.29 is 0 Å². The first-order valence-electron chi connectivity index (χ1n) is 9.99. The largest absolute Gasteiger partial charge is 0.357 e. The van der Waals surface area contributed by atoms with Crippen molar-refractivity contribution in [3.63, 3.8) is 0 Å². The summed E-state index contributed by atoms with van der Waals surface area (Å²) in [5.74, 6) is 2.80. The number of pyridine rings is 1. The molecular formula is C21H32IN5S. The van der Waals surface area contributed by atoms with E-state index in [4.69, 9.17) is 4.99 Å². The van der Waals surface area contributed by atoms with Gasteiger partial charge in [0.15, 0.2) is 5.96 Å². The number of halogens is 1. The van der Waals surface area contributed by atoms with Crippen LogP contribution < -0.4 is 15.5 Å². The number of nitrogens with one attached hydrogen (secondary N) is 2. The van der Waals surface area contributed by atoms with Crippen LogP contribution >= 0.6 is 35.3 Å². The fraction of sp³-hybridized carbons (Fsp3) is 0.524. The summed E-state index contributed by atoms with van der Waals surface area (Å²) < 4.78 is 0. The van der Waals surface area contributed by atoms with Gasteiger partial charge in [-0.25, -0.2) is 9.98 Å². The highest BCUT2D eigenvalue weighted by molar-refractivity contribution is 14.0. The van der Waals surface area contributed by atoms with E-state index in [1.807, 2.05) is 6.20 Å². The molecule has 0 radical (unpaired) electrons. The molecule has 0 saturated carbocycles. The average molecular weight is 513 g/mol. The Morgan fingerprint density at radius 3 is 2.71 bits per heavy atom. The third-order valence-electron chi connectivity index (χ3n) is 4.92. The molecule has 2 aromatic rings. The summed E-state index contributed by atoms with van der Waals surface area (Å²) in [5, 5.41) is 8.85. The second kappa shape index (κ2) is 12.3. The number of hydrogen-bond acceptors (Lipinski definition) is 4. The molecule has 5 nitrogen and oxygen atoms in total. The van der Waals surface area contributed by atoms with Crippen LogP contribution in [0.2, 0.25) is 0 Å². The van der Waals surface area contributed by atoms with Crippen molar-refractivity contribution in [2.75, 3.05) is 31.1 Å². The monoisotopic (exact) mass is 513 g/mol. The minimum atomic E-state index is 0. The van der Waals surface area contributed by atoms with Crippen molar-refractivity contribution in [1.82, 2.24) is 15.6 Å². The number of anilines is 1. The maximum absolute atomic E-state index is 4.70. The van der Waals surface area contributed by atoms with Crippen LogP contribution in [-0.4, -0.2) is 37.1 Å². The van der Waals surface area contributed by atoms with E-state index < -0.39 is 0 Å². The smallest absolute Gasteiger partial charge is 0.191 e. The molecule has 0 amide bonds. The highest BCUT2D eigenvalue weighted by Crippen LogP contribution is 2.21. The van der Waals surface area contributed by atoms with Gasteiger partial charge < -0.3 is 15.5 Å². The zero-order valence-corrected chi connectivity index (χ0v) is 20.0. The lowest BCUT2D eigenvalue weighted by molar-refractivity contribution is 0.436. The van der Waals surface area contributed by atoms with Gasteiger partial charge in [0.2, 0.25) is 0 Å². The van der Waals surface area contributed by atoms with E-state index in [2.05, 4.69) is 64.0 Å². The lowest BCUT2D eigenvalue weighted by Gasteiger charge is -2.31. The number of rotatable bonds is 7. The molecule has 0 bridgehead atoms. The first-order valence-corrected chi connectivity index (χ1v) is 10.9. The van der Waals surface area contributed by atoms with Crippen LogP contribution in [0.3, 0.4) is 0 Å². The van der Waals surface area contributed by atoms with Gasteiger partial charge in [-0.15, -0.1) is 35.3 Å². The van der Waals surface area contributed by atoms with Gasteiger partial charge in [-0.05, 0) is 55.2 Å². The van der Waals surface area contributed by atoms with Gasteiger partial charge in [0.1, 0.15) is 5.82 Å². The molecule has 28 heavy (non-hydrogen) atoms. The Hall–Kier alpha value is -1.35. The van der Waals surface area contributed by atoms with Crippen LogP contribution in [0, 0.1) is 5.92 Å². The van der Waals surface area contributed by atoms with E-state index >= 15 is 0 Å². The minimum Gasteiger partial charge on any atom is -0.357 e. The van der Waals surface area contributed by atoms with E-state index in [9.17, 15) is 0 Å². The number of aromatic nitrogens is 1. The van der Waals surface area contributed by atoms with Gasteiger partial charge in [0, 0.05) is 37.3 Å². The maximum Gasteiger partial charge on any atom is 0.191 e. The molecule has 1 aliphatic rings. The van der Waals surface area contributed by atoms with Crippen molar-refractivity contribution in [1.29, 1.82) is 0 Å². The van der Waals surface area contributed by atoms with E-state index in [1.54, 1.807) is 11.3 Å². The van der Waals surface area contributed by atoms with Gasteiger partial charge in [0.25, 0.3) is 0 Å². The fourth-order valence-corrected chi connectivity index (χ4v) is 3.91. The van der Waals surface area contributed by atoms with Crippen molar-refractivity contribution in [3.05, 3.63) is 46.3 Å². The Morgan fingerprint density at radius 2 is 2.07 bits per heavy atom. The maximum atomic E-state index is 4.70. The van der Waals surface area contributed by atoms with Crippen LogP contribution in [0.15, 0.2) is 40.8 Å². The molecule has 154 valence electrons. The highest BCUT2D eigenvalue weighted by Gasteiger charge is 2.16. The third kappa shape index (κ3) is 7.24. The zero-order valence-electron chi connectivity index (χ0n) is 16.9. The minimum absolute atomic E-state index is 0. The molecule has 2 N–H and O–H groups in total. The average Bonchev–Trinajstić information content (AvgIpc) is 3.21. The normalized spacial score (nSPS) is 15.2. The lowest BCUT2D eigenvalue weighted by atomic mass is 9.99. The number of thiophene rings is 1. The molecule has 3 heterocycles. The van der Waals surface area contributed by atoms with Crippen LogP contribution in [0.4, 0.5) is 5.82 Å². The number of hydrogen-bond donors (Lipinski definition) is 2. The molecule has 3 rings (SSSR count). The lowest BCUT2D eigenvalue weighted by Crippen LogP contribution is -2.38. The Kier molecular flexibility index (Phi) is 10.0. The van der Waals surface area contributed by atoms with Crippen LogP contribution in [0.1, 0.15) is 37.1 Å². The molecule has 1 saturated heterocycles. The first kappa shape index (κ1) is 22.9. The third-order valence-corrected chi connectivity index (χ3v) is 5.86. The second-order valence-electron chi connectivity index (χ2n) is 7.15. The van der Waals surface area contributed by atoms with E-state index in [0.717, 1.165) is 55.9 Å². The van der Waals surface area contributed by atoms with Gasteiger partial charge in [-0.1, -0.05) is 19.1 Å². The molecule has 1 aliphatic heterocycles. The molecule has 1 fully saturated rings. The molecule has 7 heteroatoms. The van der Waals surface area contributed by atoms with Crippen molar-refractivity contribution >= 4 is 47.1 Å². The molecule has 0 aromatic carbocycles. The number of guanidine groups is 1. The van der Waals surface area contributed by atoms with Gasteiger partial charge in [-0.3, -0.25) is 0 Å². The number of nitrogens with zero attached hydrogens (tertiary/aromatic N) is 3. The first-order chi connectivity index (χ1) is 13.2. The number of piperidine rings is 1. The Bertz CT molecular complexity index is 694. The van der Waals surface area contributed by atoms with Crippen molar-refractivity contribution in [3.8, 4) is 0 Å². The van der Waals surface area contributed by atoms with Crippen LogP contribution in [-0.2, 0) is 13.0 Å². The SMILES string of the molecule is CCNC(=NCc1ccc(N2CCC(C)CC2)nc1)NCCc1cccs1.I. The zero-order chi connectivity index (χ0) is 18.9. The van der Waals surface area contributed by atoms with Crippen molar-refractivity contribution in [2.24, 2.45) is 10.9 Å². The summed E-state index contributed by atoms with van der Waals surface area (Å²) >= 11 is 1.80. The standard InChI is InChI=1S/C21H31N5S.HI/c1-3-22-21(23-11-8-19-5-4-14-27-19)25-16-18-6-7-20(24-15-18)26-12-9-17(2)10-13-26;/h4-7,14-15,17H,3,8-13,16H2,1-2H3,(H2,22,23,25);1H. The fourth-order valence-electron chi connectivity index (χ4n) is 3.21. The Labute approximate surface area is 190 Å². The Morgan fingerprint density at radius 1 is 1.25 bits per heavy atom. The summed E-state index contributed by atoms with van der Waals surface area (Å²) in [4.78, 5) is 13.1. The highest BCUT2D eigenvalue weighted by atomic mass is 127. The number of aliphatic imine (C=N–C) groups is 1. The summed E-state index contributed by atoms with van der Waals surface area (Å²) in [7, 11) is 0. The van der Waals surface area contributed by atoms with Crippen LogP contribution in [0.25, 0.3) is 0 Å².